The minimum absolute atomic E-state index is 0.273. The highest BCUT2D eigenvalue weighted by Gasteiger charge is 2.35. The summed E-state index contributed by atoms with van der Waals surface area (Å²) in [5.41, 5.74) is 9.78. The molecule has 1 N–H and O–H groups in total. The van der Waals surface area contributed by atoms with Crippen molar-refractivity contribution in [2.45, 2.75) is 90.5 Å². The Morgan fingerprint density at radius 1 is 0.586 bits per heavy atom. The van der Waals surface area contributed by atoms with Crippen LogP contribution in [0.2, 0.25) is 0 Å². The quantitative estimate of drug-likeness (QED) is 0.0999. The highest BCUT2D eigenvalue weighted by Crippen LogP contribution is 2.45. The average Bonchev–Trinajstić information content (AvgIpc) is 3.28. The smallest absolute Gasteiger partial charge is 0.119 e. The van der Waals surface area contributed by atoms with Gasteiger partial charge < -0.3 is 24.6 Å². The van der Waals surface area contributed by atoms with Crippen molar-refractivity contribution in [2.24, 2.45) is 5.92 Å². The van der Waals surface area contributed by atoms with E-state index >= 15 is 0 Å². The van der Waals surface area contributed by atoms with E-state index in [-0.39, 0.29) is 5.41 Å². The van der Waals surface area contributed by atoms with Crippen molar-refractivity contribution in [1.29, 1.82) is 0 Å². The summed E-state index contributed by atoms with van der Waals surface area (Å²) < 4.78 is 10.9. The van der Waals surface area contributed by atoms with E-state index in [9.17, 15) is 0 Å². The van der Waals surface area contributed by atoms with Gasteiger partial charge in [0.1, 0.15) is 11.5 Å². The first-order valence-corrected chi connectivity index (χ1v) is 21.7. The van der Waals surface area contributed by atoms with Crippen LogP contribution < -0.4 is 24.6 Å². The Morgan fingerprint density at radius 3 is 1.59 bits per heavy atom. The number of nitrogens with zero attached hydrogens (tertiary/aromatic N) is 2. The van der Waals surface area contributed by atoms with Crippen molar-refractivity contribution < 1.29 is 9.47 Å². The van der Waals surface area contributed by atoms with Gasteiger partial charge in [-0.3, -0.25) is 0 Å². The number of methoxy groups -OCH3 is 2. The van der Waals surface area contributed by atoms with Crippen LogP contribution in [0.15, 0.2) is 133 Å². The lowest BCUT2D eigenvalue weighted by Crippen LogP contribution is -2.31. The molecule has 0 bridgehead atoms. The van der Waals surface area contributed by atoms with E-state index in [0.29, 0.717) is 12.0 Å². The van der Waals surface area contributed by atoms with Crippen molar-refractivity contribution in [3.63, 3.8) is 0 Å². The molecule has 7 rings (SSSR count). The monoisotopic (exact) mass is 773 g/mol. The molecule has 0 amide bonds. The first-order chi connectivity index (χ1) is 28.4. The fourth-order valence-corrected chi connectivity index (χ4v) is 9.33. The minimum Gasteiger partial charge on any atom is -0.497 e. The molecule has 5 nitrogen and oxygen atoms in total. The van der Waals surface area contributed by atoms with Crippen molar-refractivity contribution in [1.82, 2.24) is 0 Å². The van der Waals surface area contributed by atoms with Gasteiger partial charge in [-0.15, -0.1) is 0 Å². The van der Waals surface area contributed by atoms with Gasteiger partial charge in [-0.1, -0.05) is 95.1 Å². The predicted molar refractivity (Wildman–Crippen MR) is 247 cm³/mol. The second kappa shape index (κ2) is 18.9. The molecule has 3 atom stereocenters. The average molecular weight is 774 g/mol. The zero-order valence-corrected chi connectivity index (χ0v) is 35.6. The summed E-state index contributed by atoms with van der Waals surface area (Å²) in [5.74, 6) is 2.42. The molecule has 0 aliphatic heterocycles. The number of nitrogens with one attached hydrogen (secondary N) is 1. The molecule has 5 heteroatoms. The first kappa shape index (κ1) is 40.8. The number of anilines is 5. The van der Waals surface area contributed by atoms with Crippen LogP contribution in [-0.4, -0.2) is 33.4 Å². The molecule has 1 fully saturated rings. The maximum atomic E-state index is 5.48. The lowest BCUT2D eigenvalue weighted by Gasteiger charge is -2.37. The third kappa shape index (κ3) is 8.70. The van der Waals surface area contributed by atoms with Crippen LogP contribution in [0.3, 0.4) is 0 Å². The molecule has 1 saturated carbocycles. The number of hydrogen-bond donors (Lipinski definition) is 1. The Labute approximate surface area is 348 Å². The lowest BCUT2D eigenvalue weighted by molar-refractivity contribution is 0.350. The summed E-state index contributed by atoms with van der Waals surface area (Å²) in [5, 5.41) is 6.68. The Hall–Kier alpha value is -5.42. The van der Waals surface area contributed by atoms with Crippen molar-refractivity contribution >= 4 is 39.2 Å². The molecule has 1 aliphatic rings. The number of ether oxygens (including phenoxy) is 2. The molecule has 58 heavy (non-hydrogen) atoms. The molecule has 6 aromatic carbocycles. The van der Waals surface area contributed by atoms with E-state index in [1.54, 1.807) is 14.2 Å². The van der Waals surface area contributed by atoms with Crippen molar-refractivity contribution in [3.05, 3.63) is 150 Å². The maximum Gasteiger partial charge on any atom is 0.119 e. The predicted octanol–water partition coefficient (Wildman–Crippen LogP) is 13.9. The molecule has 6 aromatic rings. The highest BCUT2D eigenvalue weighted by molar-refractivity contribution is 5.97. The number of rotatable bonds is 17. The largest absolute Gasteiger partial charge is 0.497 e. The Morgan fingerprint density at radius 2 is 1.09 bits per heavy atom. The maximum absolute atomic E-state index is 5.48. The van der Waals surface area contributed by atoms with Gasteiger partial charge in [-0.2, -0.15) is 0 Å². The normalized spacial score (nSPS) is 16.4. The third-order valence-electron chi connectivity index (χ3n) is 12.6. The zero-order chi connectivity index (χ0) is 40.5. The number of hydrogen-bond acceptors (Lipinski definition) is 5. The summed E-state index contributed by atoms with van der Waals surface area (Å²) in [6.07, 6.45) is 9.10. The fourth-order valence-electron chi connectivity index (χ4n) is 9.33. The molecular weight excluding hydrogens is 711 g/mol. The second-order valence-corrected chi connectivity index (χ2v) is 16.2. The summed E-state index contributed by atoms with van der Waals surface area (Å²) >= 11 is 0. The van der Waals surface area contributed by atoms with Gasteiger partial charge in [0.25, 0.3) is 0 Å². The fraction of sp³-hybridized carbons (Fsp3) is 0.358. The van der Waals surface area contributed by atoms with Crippen LogP contribution in [0, 0.1) is 5.92 Å². The van der Waals surface area contributed by atoms with Gasteiger partial charge in [0, 0.05) is 58.4 Å². The van der Waals surface area contributed by atoms with E-state index in [1.807, 2.05) is 12.1 Å². The van der Waals surface area contributed by atoms with E-state index < -0.39 is 0 Å². The van der Waals surface area contributed by atoms with Crippen molar-refractivity contribution in [3.8, 4) is 11.5 Å². The van der Waals surface area contributed by atoms with Gasteiger partial charge in [0.15, 0.2) is 0 Å². The van der Waals surface area contributed by atoms with E-state index in [0.717, 1.165) is 50.3 Å². The Kier molecular flexibility index (Phi) is 13.3. The molecular formula is C53H63N3O2. The first-order valence-electron chi connectivity index (χ1n) is 21.7. The van der Waals surface area contributed by atoms with Crippen LogP contribution in [-0.2, 0) is 11.8 Å². The molecule has 0 aromatic heterocycles. The van der Waals surface area contributed by atoms with E-state index in [1.165, 1.54) is 81.6 Å². The summed E-state index contributed by atoms with van der Waals surface area (Å²) in [6, 6.07) is 50.1. The van der Waals surface area contributed by atoms with Gasteiger partial charge >= 0.3 is 0 Å². The van der Waals surface area contributed by atoms with Crippen molar-refractivity contribution in [2.75, 3.05) is 42.4 Å². The number of benzene rings is 6. The highest BCUT2D eigenvalue weighted by atomic mass is 16.5. The summed E-state index contributed by atoms with van der Waals surface area (Å²) in [7, 11) is 3.44. The van der Waals surface area contributed by atoms with Crippen LogP contribution >= 0.6 is 0 Å². The molecule has 0 heterocycles. The van der Waals surface area contributed by atoms with Crippen LogP contribution in [0.25, 0.3) is 10.8 Å². The SMILES string of the molecule is CCCN(c1ccc(C[C@@](CC)(c2ccc(N(CCC)c3ccc(OC)cc3)cc2)c2ccc(NC3CCCCC3C)c3ccccc23)cc1)c1ccc(OC)cc1. The lowest BCUT2D eigenvalue weighted by atomic mass is 9.67. The Bertz CT molecular complexity index is 2200. The third-order valence-corrected chi connectivity index (χ3v) is 12.6. The van der Waals surface area contributed by atoms with Gasteiger partial charge in [-0.05, 0) is 145 Å². The van der Waals surface area contributed by atoms with Gasteiger partial charge in [0.2, 0.25) is 0 Å². The molecule has 1 aliphatic carbocycles. The standard InChI is InChI=1S/C53H63N3O2/c1-7-36-55(44-26-30-46(57-5)31-27-44)42-22-18-40(19-23-42)38-53(9-3,41-20-24-43(25-21-41)56(37-8-2)45-28-32-47(58-6)33-29-45)50-34-35-52(49-16-12-11-15-48(49)50)54-51-17-13-10-14-39(51)4/h11-12,15-16,18-35,39,51,54H,7-10,13-14,17,36-38H2,1-6H3/t39?,51?,53-/m0/s1. The van der Waals surface area contributed by atoms with E-state index in [2.05, 4.69) is 164 Å². The van der Waals surface area contributed by atoms with E-state index in [4.69, 9.17) is 9.47 Å². The molecule has 0 radical (unpaired) electrons. The minimum atomic E-state index is -0.273. The summed E-state index contributed by atoms with van der Waals surface area (Å²) in [6.45, 7) is 11.1. The van der Waals surface area contributed by atoms with Crippen LogP contribution in [0.4, 0.5) is 28.4 Å². The molecule has 0 spiro atoms. The van der Waals surface area contributed by atoms with Gasteiger partial charge in [0.05, 0.1) is 14.2 Å². The Balaban J connectivity index is 1.30. The topological polar surface area (TPSA) is 37.0 Å². The van der Waals surface area contributed by atoms with Crippen LogP contribution in [0.5, 0.6) is 11.5 Å². The summed E-state index contributed by atoms with van der Waals surface area (Å²) in [4.78, 5) is 4.83. The second-order valence-electron chi connectivity index (χ2n) is 16.2. The van der Waals surface area contributed by atoms with Crippen LogP contribution in [0.1, 0.15) is 89.3 Å². The zero-order valence-electron chi connectivity index (χ0n) is 35.6. The number of fused-ring (bicyclic) bond motifs is 1. The molecule has 2 unspecified atom stereocenters. The molecule has 0 saturated heterocycles. The van der Waals surface area contributed by atoms with Gasteiger partial charge in [-0.25, -0.2) is 0 Å². The molecule has 302 valence electrons.